The number of H-pyrrole nitrogens is 1. The van der Waals surface area contributed by atoms with Crippen LogP contribution in [0, 0.1) is 33.6 Å². The van der Waals surface area contributed by atoms with Gasteiger partial charge in [-0.2, -0.15) is 0 Å². The Morgan fingerprint density at radius 1 is 1.03 bits per heavy atom. The molecule has 1 fully saturated rings. The summed E-state index contributed by atoms with van der Waals surface area (Å²) in [6.45, 7) is 14.9. The van der Waals surface area contributed by atoms with Crippen LogP contribution in [0.2, 0.25) is 0 Å². The second-order valence-corrected chi connectivity index (χ2v) is 12.1. The lowest BCUT2D eigenvalue weighted by atomic mass is 9.81. The highest BCUT2D eigenvalue weighted by molar-refractivity contribution is 6.07. The third-order valence-corrected chi connectivity index (χ3v) is 7.67. The van der Waals surface area contributed by atoms with Crippen LogP contribution < -0.4 is 25.2 Å². The van der Waals surface area contributed by atoms with Crippen LogP contribution in [0.5, 0.6) is 11.5 Å². The first-order chi connectivity index (χ1) is 18.1. The van der Waals surface area contributed by atoms with Crippen molar-refractivity contribution in [1.82, 2.24) is 10.3 Å². The molecule has 2 amide bonds. The molecule has 1 saturated carbocycles. The number of aromatic amines is 1. The summed E-state index contributed by atoms with van der Waals surface area (Å²) in [4.78, 5) is 42.6. The molecule has 1 aliphatic heterocycles. The van der Waals surface area contributed by atoms with Crippen LogP contribution >= 0.6 is 0 Å². The average Bonchev–Trinajstić information content (AvgIpc) is 3.19. The molecule has 2 aliphatic rings. The molecule has 2 N–H and O–H groups in total. The number of carbonyl (C=O) groups excluding carboxylic acids is 2. The van der Waals surface area contributed by atoms with Gasteiger partial charge in [0.1, 0.15) is 11.3 Å². The molecule has 212 valence electrons. The maximum Gasteiger partial charge on any atom is 0.407 e. The molecule has 9 heteroatoms. The Kier molecular flexibility index (Phi) is 7.49. The first-order valence-corrected chi connectivity index (χ1v) is 13.6. The number of benzene rings is 1. The summed E-state index contributed by atoms with van der Waals surface area (Å²) in [6, 6.07) is 3.70. The van der Waals surface area contributed by atoms with E-state index in [0.717, 1.165) is 42.5 Å². The fourth-order valence-electron chi connectivity index (χ4n) is 5.71. The Morgan fingerprint density at radius 2 is 1.64 bits per heavy atom. The summed E-state index contributed by atoms with van der Waals surface area (Å²) in [5.74, 6) is 0.149. The van der Waals surface area contributed by atoms with Crippen molar-refractivity contribution in [1.29, 1.82) is 0 Å². The molecule has 1 aliphatic carbocycles. The molecule has 1 aromatic heterocycles. The molecule has 4 rings (SSSR count). The monoisotopic (exact) mass is 539 g/mol. The fourth-order valence-corrected chi connectivity index (χ4v) is 5.71. The molecule has 1 unspecified atom stereocenters. The van der Waals surface area contributed by atoms with Crippen molar-refractivity contribution in [3.63, 3.8) is 0 Å². The lowest BCUT2D eigenvalue weighted by Gasteiger charge is -2.37. The second kappa shape index (κ2) is 10.2. The summed E-state index contributed by atoms with van der Waals surface area (Å²) in [5, 5.41) is 2.98. The number of anilines is 1. The lowest BCUT2D eigenvalue weighted by Crippen LogP contribution is -2.48. The van der Waals surface area contributed by atoms with E-state index in [1.54, 1.807) is 7.05 Å². The fraction of sp³-hybridized carbons (Fsp3) is 0.567. The first kappa shape index (κ1) is 28.5. The first-order valence-electron chi connectivity index (χ1n) is 13.6. The van der Waals surface area contributed by atoms with E-state index in [1.165, 1.54) is 4.90 Å². The van der Waals surface area contributed by atoms with Crippen molar-refractivity contribution in [2.24, 2.45) is 5.92 Å². The van der Waals surface area contributed by atoms with Gasteiger partial charge in [-0.15, -0.1) is 0 Å². The normalized spacial score (nSPS) is 22.4. The Balaban J connectivity index is 1.50. The highest BCUT2D eigenvalue weighted by Gasteiger charge is 2.47. The number of aryl methyl sites for hydroxylation is 3. The molecule has 39 heavy (non-hydrogen) atoms. The summed E-state index contributed by atoms with van der Waals surface area (Å²) >= 11 is 0. The summed E-state index contributed by atoms with van der Waals surface area (Å²) in [7, 11) is 1.61. The predicted octanol–water partition coefficient (Wildman–Crippen LogP) is 5.46. The van der Waals surface area contributed by atoms with Crippen molar-refractivity contribution in [2.45, 2.75) is 98.5 Å². The number of fused-ring (bicyclic) bond motifs is 1. The van der Waals surface area contributed by atoms with Crippen LogP contribution in [0.4, 0.5) is 10.5 Å². The van der Waals surface area contributed by atoms with Crippen LogP contribution in [-0.2, 0) is 4.74 Å². The van der Waals surface area contributed by atoms with Gasteiger partial charge in [0, 0.05) is 42.8 Å². The topological polar surface area (TPSA) is 110 Å². The van der Waals surface area contributed by atoms with Gasteiger partial charge in [-0.3, -0.25) is 9.59 Å². The van der Waals surface area contributed by atoms with Crippen molar-refractivity contribution in [3.8, 4) is 11.5 Å². The Hall–Kier alpha value is -3.49. The van der Waals surface area contributed by atoms with Crippen LogP contribution in [0.25, 0.3) is 0 Å². The van der Waals surface area contributed by atoms with Crippen molar-refractivity contribution in [3.05, 3.63) is 50.4 Å². The number of carbonyl (C=O) groups is 2. The second-order valence-electron chi connectivity index (χ2n) is 12.1. The molecular formula is C30H41N3O6. The van der Waals surface area contributed by atoms with Crippen molar-refractivity contribution < 1.29 is 23.8 Å². The van der Waals surface area contributed by atoms with E-state index in [9.17, 15) is 14.4 Å². The van der Waals surface area contributed by atoms with Gasteiger partial charge in [0.15, 0.2) is 11.5 Å². The number of rotatable bonds is 4. The maximum atomic E-state index is 13.6. The number of aromatic nitrogens is 1. The van der Waals surface area contributed by atoms with Crippen molar-refractivity contribution in [2.75, 3.05) is 11.9 Å². The highest BCUT2D eigenvalue weighted by atomic mass is 16.7. The molecule has 1 aromatic carbocycles. The maximum absolute atomic E-state index is 13.6. The predicted molar refractivity (Wildman–Crippen MR) is 150 cm³/mol. The minimum absolute atomic E-state index is 0.0418. The standard InChI is InChI=1S/C30H41N3O6/c1-16-14-18(3)31-26(34)23(16)33(9)27(35)22-15-17(2)24-25(19(22)4)38-30(8,37-24)20-10-12-21(13-11-20)32-28(36)39-29(5,6)7/h14-15,20-21H,10-13H2,1-9H3,(H,31,34)(H,32,36)/t20-,21-,30?. The SMILES string of the molecule is Cc1cc(C)c(N(C)C(=O)c2cc(C)c3c(c2C)OC(C)([C@H]2CC[C@H](NC(=O)OC(C)(C)C)CC2)O3)c(=O)[nH]1. The zero-order valence-corrected chi connectivity index (χ0v) is 24.5. The van der Waals surface area contributed by atoms with E-state index in [1.807, 2.05) is 67.5 Å². The highest BCUT2D eigenvalue weighted by Crippen LogP contribution is 2.50. The third-order valence-electron chi connectivity index (χ3n) is 7.67. The van der Waals surface area contributed by atoms with E-state index in [2.05, 4.69) is 10.3 Å². The van der Waals surface area contributed by atoms with Gasteiger partial charge in [-0.1, -0.05) is 0 Å². The van der Waals surface area contributed by atoms with Crippen LogP contribution in [0.1, 0.15) is 86.1 Å². The smallest absolute Gasteiger partial charge is 0.407 e. The number of nitrogens with zero attached hydrogens (tertiary/aromatic N) is 1. The van der Waals surface area contributed by atoms with Crippen LogP contribution in [-0.4, -0.2) is 41.5 Å². The number of pyridine rings is 1. The van der Waals surface area contributed by atoms with Crippen LogP contribution in [0.3, 0.4) is 0 Å². The number of nitrogens with one attached hydrogen (secondary N) is 2. The van der Waals surface area contributed by atoms with Gasteiger partial charge in [-0.05, 0) is 97.4 Å². The van der Waals surface area contributed by atoms with E-state index >= 15 is 0 Å². The molecule has 0 bridgehead atoms. The molecule has 9 nitrogen and oxygen atoms in total. The molecular weight excluding hydrogens is 498 g/mol. The zero-order chi connectivity index (χ0) is 28.9. The number of amides is 2. The van der Waals surface area contributed by atoms with E-state index in [-0.39, 0.29) is 23.4 Å². The van der Waals surface area contributed by atoms with Gasteiger partial charge >= 0.3 is 6.09 Å². The van der Waals surface area contributed by atoms with E-state index in [0.29, 0.717) is 28.3 Å². The Labute approximate surface area is 230 Å². The molecule has 2 heterocycles. The molecule has 2 aromatic rings. The minimum Gasteiger partial charge on any atom is -0.448 e. The average molecular weight is 540 g/mol. The van der Waals surface area contributed by atoms with Gasteiger partial charge in [-0.25, -0.2) is 4.79 Å². The lowest BCUT2D eigenvalue weighted by molar-refractivity contribution is -0.121. The van der Waals surface area contributed by atoms with Gasteiger partial charge < -0.3 is 29.4 Å². The number of hydrogen-bond donors (Lipinski definition) is 2. The van der Waals surface area contributed by atoms with Crippen molar-refractivity contribution >= 4 is 17.7 Å². The summed E-state index contributed by atoms with van der Waals surface area (Å²) in [6.07, 6.45) is 2.81. The molecule has 0 spiro atoms. The van der Waals surface area contributed by atoms with Gasteiger partial charge in [0.25, 0.3) is 17.3 Å². The van der Waals surface area contributed by atoms with Gasteiger partial charge in [0.2, 0.25) is 0 Å². The summed E-state index contributed by atoms with van der Waals surface area (Å²) < 4.78 is 18.3. The third kappa shape index (κ3) is 5.77. The number of ether oxygens (including phenoxy) is 3. The Bertz CT molecular complexity index is 1350. The van der Waals surface area contributed by atoms with Gasteiger partial charge in [0.05, 0.1) is 0 Å². The Morgan fingerprint density at radius 3 is 2.23 bits per heavy atom. The molecule has 1 atom stereocenters. The minimum atomic E-state index is -0.882. The number of hydrogen-bond acceptors (Lipinski definition) is 6. The van der Waals surface area contributed by atoms with Crippen LogP contribution in [0.15, 0.2) is 16.9 Å². The summed E-state index contributed by atoms with van der Waals surface area (Å²) in [5.41, 5.74) is 2.89. The quantitative estimate of drug-likeness (QED) is 0.534. The zero-order valence-electron chi connectivity index (χ0n) is 24.5. The largest absolute Gasteiger partial charge is 0.448 e. The van der Waals surface area contributed by atoms with E-state index in [4.69, 9.17) is 14.2 Å². The molecule has 0 radical (unpaired) electrons. The van der Waals surface area contributed by atoms with E-state index < -0.39 is 17.5 Å². The number of alkyl carbamates (subject to hydrolysis) is 1. The molecule has 0 saturated heterocycles.